The fourth-order valence-corrected chi connectivity index (χ4v) is 3.07. The van der Waals surface area contributed by atoms with Gasteiger partial charge in [-0.1, -0.05) is 38.5 Å². The topological polar surface area (TPSA) is 96.6 Å². The summed E-state index contributed by atoms with van der Waals surface area (Å²) in [4.78, 5) is 4.46. The first-order valence-electron chi connectivity index (χ1n) is 8.04. The van der Waals surface area contributed by atoms with Gasteiger partial charge >= 0.3 is 0 Å². The van der Waals surface area contributed by atoms with Crippen LogP contribution in [0.15, 0.2) is 4.99 Å². The molecule has 0 aliphatic heterocycles. The van der Waals surface area contributed by atoms with E-state index in [9.17, 15) is 8.42 Å². The fraction of sp³-hybridized carbons (Fsp3) is 0.929. The molecule has 1 saturated carbocycles. The van der Waals surface area contributed by atoms with E-state index in [1.54, 1.807) is 0 Å². The van der Waals surface area contributed by atoms with E-state index >= 15 is 0 Å². The number of primary sulfonamides is 1. The summed E-state index contributed by atoms with van der Waals surface area (Å²) in [6.07, 6.45) is 9.25. The van der Waals surface area contributed by atoms with Gasteiger partial charge in [0.15, 0.2) is 5.96 Å². The van der Waals surface area contributed by atoms with Crippen molar-refractivity contribution in [2.24, 2.45) is 16.0 Å². The maximum Gasteiger partial charge on any atom is 0.210 e. The number of unbranched alkanes of at least 4 members (excludes halogenated alkanes) is 1. The predicted octanol–water partition coefficient (Wildman–Crippen LogP) is 1.19. The number of hydrogen-bond acceptors (Lipinski definition) is 3. The third-order valence-electron chi connectivity index (χ3n) is 3.79. The molecule has 0 atom stereocenters. The largest absolute Gasteiger partial charge is 0.357 e. The first-order chi connectivity index (χ1) is 10.0. The van der Waals surface area contributed by atoms with Crippen molar-refractivity contribution in [1.82, 2.24) is 10.6 Å². The second kappa shape index (κ2) is 10.00. The molecule has 0 aromatic carbocycles. The Morgan fingerprint density at radius 2 is 1.95 bits per heavy atom. The summed E-state index contributed by atoms with van der Waals surface area (Å²) >= 11 is 0. The second-order valence-electron chi connectivity index (χ2n) is 5.70. The van der Waals surface area contributed by atoms with E-state index in [0.29, 0.717) is 5.96 Å². The van der Waals surface area contributed by atoms with Crippen LogP contribution in [0.2, 0.25) is 0 Å². The molecule has 0 aromatic heterocycles. The molecule has 1 fully saturated rings. The van der Waals surface area contributed by atoms with Gasteiger partial charge in [-0.05, 0) is 19.3 Å². The highest BCUT2D eigenvalue weighted by Gasteiger charge is 2.13. The lowest BCUT2D eigenvalue weighted by atomic mass is 10.0. The SMILES string of the molecule is CCNC(=NCCCCC1CCCC1)NCCS(N)(=O)=O. The van der Waals surface area contributed by atoms with Gasteiger partial charge in [0.05, 0.1) is 5.75 Å². The van der Waals surface area contributed by atoms with Crippen LogP contribution in [0.25, 0.3) is 0 Å². The molecule has 1 rings (SSSR count). The highest BCUT2D eigenvalue weighted by atomic mass is 32.2. The predicted molar refractivity (Wildman–Crippen MR) is 87.8 cm³/mol. The van der Waals surface area contributed by atoms with Gasteiger partial charge < -0.3 is 10.6 Å². The quantitative estimate of drug-likeness (QED) is 0.338. The van der Waals surface area contributed by atoms with Crippen LogP contribution < -0.4 is 15.8 Å². The second-order valence-corrected chi connectivity index (χ2v) is 7.43. The van der Waals surface area contributed by atoms with Crippen molar-refractivity contribution >= 4 is 16.0 Å². The minimum absolute atomic E-state index is 0.0842. The average Bonchev–Trinajstić information content (AvgIpc) is 2.90. The molecule has 0 aromatic rings. The van der Waals surface area contributed by atoms with Crippen molar-refractivity contribution in [2.75, 3.05) is 25.4 Å². The first-order valence-corrected chi connectivity index (χ1v) is 9.75. The average molecular weight is 318 g/mol. The lowest BCUT2D eigenvalue weighted by molar-refractivity contribution is 0.475. The summed E-state index contributed by atoms with van der Waals surface area (Å²) in [7, 11) is -3.42. The zero-order valence-electron chi connectivity index (χ0n) is 13.1. The number of hydrogen-bond donors (Lipinski definition) is 3. The zero-order valence-corrected chi connectivity index (χ0v) is 13.9. The number of rotatable bonds is 9. The van der Waals surface area contributed by atoms with Crippen LogP contribution in [0.3, 0.4) is 0 Å². The van der Waals surface area contributed by atoms with Crippen molar-refractivity contribution in [3.05, 3.63) is 0 Å². The molecule has 21 heavy (non-hydrogen) atoms. The fourth-order valence-electron chi connectivity index (χ4n) is 2.69. The first kappa shape index (κ1) is 18.2. The molecule has 7 heteroatoms. The smallest absolute Gasteiger partial charge is 0.210 e. The third-order valence-corrected chi connectivity index (χ3v) is 4.56. The standard InChI is InChI=1S/C14H30N4O2S/c1-2-16-14(18-11-12-21(15,19)20)17-10-6-5-9-13-7-3-4-8-13/h13H,2-12H2,1H3,(H2,15,19,20)(H2,16,17,18). The highest BCUT2D eigenvalue weighted by molar-refractivity contribution is 7.89. The molecular formula is C14H30N4O2S. The maximum atomic E-state index is 10.9. The molecule has 0 amide bonds. The summed E-state index contributed by atoms with van der Waals surface area (Å²) < 4.78 is 21.7. The van der Waals surface area contributed by atoms with E-state index in [-0.39, 0.29) is 12.3 Å². The van der Waals surface area contributed by atoms with E-state index < -0.39 is 10.0 Å². The molecular weight excluding hydrogens is 288 g/mol. The van der Waals surface area contributed by atoms with Crippen LogP contribution >= 0.6 is 0 Å². The number of sulfonamides is 1. The van der Waals surface area contributed by atoms with Gasteiger partial charge in [-0.25, -0.2) is 13.6 Å². The van der Waals surface area contributed by atoms with E-state index in [1.165, 1.54) is 38.5 Å². The van der Waals surface area contributed by atoms with E-state index in [1.807, 2.05) is 6.92 Å². The Labute approximate surface area is 129 Å². The molecule has 1 aliphatic carbocycles. The molecule has 124 valence electrons. The third kappa shape index (κ3) is 9.68. The Hall–Kier alpha value is -0.820. The van der Waals surface area contributed by atoms with Crippen molar-refractivity contribution in [3.63, 3.8) is 0 Å². The molecule has 1 aliphatic rings. The van der Waals surface area contributed by atoms with Crippen molar-refractivity contribution in [3.8, 4) is 0 Å². The molecule has 0 radical (unpaired) electrons. The summed E-state index contributed by atoms with van der Waals surface area (Å²) in [6.45, 7) is 3.80. The van der Waals surface area contributed by atoms with Crippen LogP contribution in [-0.4, -0.2) is 39.8 Å². The summed E-state index contributed by atoms with van der Waals surface area (Å²) in [5.41, 5.74) is 0. The number of aliphatic imine (C=N–C) groups is 1. The molecule has 0 spiro atoms. The molecule has 4 N–H and O–H groups in total. The highest BCUT2D eigenvalue weighted by Crippen LogP contribution is 2.28. The Morgan fingerprint density at radius 1 is 1.24 bits per heavy atom. The Balaban J connectivity index is 2.17. The zero-order chi connectivity index (χ0) is 15.6. The summed E-state index contributed by atoms with van der Waals surface area (Å²) in [6, 6.07) is 0. The Morgan fingerprint density at radius 3 is 2.57 bits per heavy atom. The van der Waals surface area contributed by atoms with Crippen LogP contribution in [-0.2, 0) is 10.0 Å². The monoisotopic (exact) mass is 318 g/mol. The molecule has 0 unspecified atom stereocenters. The summed E-state index contributed by atoms with van der Waals surface area (Å²) in [5.74, 6) is 1.52. The van der Waals surface area contributed by atoms with Crippen LogP contribution in [0.1, 0.15) is 51.9 Å². The number of nitrogens with zero attached hydrogens (tertiary/aromatic N) is 1. The van der Waals surface area contributed by atoms with Gasteiger partial charge in [-0.3, -0.25) is 4.99 Å². The number of nitrogens with one attached hydrogen (secondary N) is 2. The minimum atomic E-state index is -3.42. The Bertz CT molecular complexity index is 403. The van der Waals surface area contributed by atoms with Crippen LogP contribution in [0.5, 0.6) is 0 Å². The van der Waals surface area contributed by atoms with Gasteiger partial charge in [0, 0.05) is 19.6 Å². The maximum absolute atomic E-state index is 10.9. The number of nitrogens with two attached hydrogens (primary N) is 1. The number of guanidine groups is 1. The van der Waals surface area contributed by atoms with Gasteiger partial charge in [-0.15, -0.1) is 0 Å². The molecule has 6 nitrogen and oxygen atoms in total. The van der Waals surface area contributed by atoms with Crippen molar-refractivity contribution in [2.45, 2.75) is 51.9 Å². The Kier molecular flexibility index (Phi) is 8.68. The van der Waals surface area contributed by atoms with Gasteiger partial charge in [0.1, 0.15) is 0 Å². The minimum Gasteiger partial charge on any atom is -0.357 e. The normalized spacial score (nSPS) is 17.1. The summed E-state index contributed by atoms with van der Waals surface area (Å²) in [5, 5.41) is 11.1. The van der Waals surface area contributed by atoms with E-state index in [4.69, 9.17) is 5.14 Å². The van der Waals surface area contributed by atoms with E-state index in [0.717, 1.165) is 25.4 Å². The van der Waals surface area contributed by atoms with Crippen LogP contribution in [0.4, 0.5) is 0 Å². The van der Waals surface area contributed by atoms with Gasteiger partial charge in [-0.2, -0.15) is 0 Å². The van der Waals surface area contributed by atoms with Crippen molar-refractivity contribution in [1.29, 1.82) is 0 Å². The van der Waals surface area contributed by atoms with Gasteiger partial charge in [0.2, 0.25) is 10.0 Å². The van der Waals surface area contributed by atoms with Crippen LogP contribution in [0, 0.1) is 5.92 Å². The van der Waals surface area contributed by atoms with Crippen molar-refractivity contribution < 1.29 is 8.42 Å². The van der Waals surface area contributed by atoms with Gasteiger partial charge in [0.25, 0.3) is 0 Å². The lowest BCUT2D eigenvalue weighted by Gasteiger charge is -2.11. The van der Waals surface area contributed by atoms with E-state index in [2.05, 4.69) is 15.6 Å². The lowest BCUT2D eigenvalue weighted by Crippen LogP contribution is -2.40. The molecule has 0 saturated heterocycles. The molecule has 0 heterocycles. The molecule has 0 bridgehead atoms.